The fourth-order valence-electron chi connectivity index (χ4n) is 1.65. The van der Waals surface area contributed by atoms with E-state index in [1.54, 1.807) is 0 Å². The van der Waals surface area contributed by atoms with Crippen LogP contribution in [0.5, 0.6) is 0 Å². The minimum atomic E-state index is 0.153. The van der Waals surface area contributed by atoms with Gasteiger partial charge in [0.1, 0.15) is 0 Å². The van der Waals surface area contributed by atoms with Gasteiger partial charge in [0.05, 0.1) is 0 Å². The first-order valence-electron chi connectivity index (χ1n) is 4.88. The predicted octanol–water partition coefficient (Wildman–Crippen LogP) is 3.37. The van der Waals surface area contributed by atoms with E-state index in [1.807, 2.05) is 25.1 Å². The minimum Gasteiger partial charge on any atom is -0.294 e. The maximum Gasteiger partial charge on any atom is 0.164 e. The van der Waals surface area contributed by atoms with Crippen LogP contribution >= 0.6 is 11.6 Å². The highest BCUT2D eigenvalue weighted by molar-refractivity contribution is 6.19. The average molecular weight is 211 g/mol. The number of carbonyl (C=O) groups excluding carboxylic acids is 1. The lowest BCUT2D eigenvalue weighted by molar-refractivity contribution is 0.0988. The summed E-state index contributed by atoms with van der Waals surface area (Å²) in [6, 6.07) is 5.85. The number of halogens is 1. The summed E-state index contributed by atoms with van der Waals surface area (Å²) in [6.45, 7) is 4.11. The smallest absolute Gasteiger partial charge is 0.164 e. The summed E-state index contributed by atoms with van der Waals surface area (Å²) in [5.41, 5.74) is 3.18. The number of hydrogen-bond acceptors (Lipinski definition) is 1. The third kappa shape index (κ3) is 2.36. The zero-order valence-corrected chi connectivity index (χ0v) is 9.40. The minimum absolute atomic E-state index is 0.153. The number of Topliss-reactive ketones (excluding diaryl/α,β-unsaturated/α-hetero) is 1. The normalized spacial score (nSPS) is 10.2. The molecule has 0 atom stereocenters. The van der Waals surface area contributed by atoms with Crippen LogP contribution in [-0.2, 0) is 6.42 Å². The summed E-state index contributed by atoms with van der Waals surface area (Å²) in [5.74, 6) is 0.552. The van der Waals surface area contributed by atoms with E-state index in [0.29, 0.717) is 12.3 Å². The van der Waals surface area contributed by atoms with Crippen molar-refractivity contribution in [3.05, 3.63) is 34.9 Å². The van der Waals surface area contributed by atoms with Gasteiger partial charge >= 0.3 is 0 Å². The second-order valence-electron chi connectivity index (χ2n) is 3.32. The van der Waals surface area contributed by atoms with Crippen LogP contribution in [0.3, 0.4) is 0 Å². The van der Waals surface area contributed by atoms with Crippen molar-refractivity contribution in [2.45, 2.75) is 26.7 Å². The van der Waals surface area contributed by atoms with Crippen molar-refractivity contribution in [2.24, 2.45) is 0 Å². The van der Waals surface area contributed by atoms with Gasteiger partial charge in [-0.25, -0.2) is 0 Å². The SMILES string of the molecule is CCc1c(C)cccc1C(=O)CCCl. The van der Waals surface area contributed by atoms with Crippen molar-refractivity contribution in [2.75, 3.05) is 5.88 Å². The number of ketones is 1. The summed E-state index contributed by atoms with van der Waals surface area (Å²) in [5, 5.41) is 0. The van der Waals surface area contributed by atoms with Gasteiger partial charge in [-0.05, 0) is 24.5 Å². The lowest BCUT2D eigenvalue weighted by atomic mass is 9.96. The lowest BCUT2D eigenvalue weighted by Crippen LogP contribution is -2.05. The molecule has 0 aliphatic carbocycles. The van der Waals surface area contributed by atoms with Crippen LogP contribution in [0.1, 0.15) is 34.8 Å². The second kappa shape index (κ2) is 5.16. The van der Waals surface area contributed by atoms with Gasteiger partial charge in [-0.15, -0.1) is 11.6 Å². The molecular weight excluding hydrogens is 196 g/mol. The first-order valence-corrected chi connectivity index (χ1v) is 5.41. The highest BCUT2D eigenvalue weighted by Gasteiger charge is 2.10. The molecule has 0 aliphatic rings. The average Bonchev–Trinajstić information content (AvgIpc) is 2.17. The quantitative estimate of drug-likeness (QED) is 0.550. The molecular formula is C12H15ClO. The molecule has 1 rings (SSSR count). The molecule has 0 radical (unpaired) electrons. The fraction of sp³-hybridized carbons (Fsp3) is 0.417. The monoisotopic (exact) mass is 210 g/mol. The zero-order valence-electron chi connectivity index (χ0n) is 8.64. The third-order valence-electron chi connectivity index (χ3n) is 2.39. The van der Waals surface area contributed by atoms with E-state index in [0.717, 1.165) is 17.5 Å². The van der Waals surface area contributed by atoms with Gasteiger partial charge in [-0.1, -0.05) is 25.1 Å². The molecule has 0 heterocycles. The van der Waals surface area contributed by atoms with Gasteiger partial charge in [0.15, 0.2) is 5.78 Å². The summed E-state index contributed by atoms with van der Waals surface area (Å²) in [6.07, 6.45) is 1.33. The van der Waals surface area contributed by atoms with Crippen LogP contribution in [-0.4, -0.2) is 11.7 Å². The summed E-state index contributed by atoms with van der Waals surface area (Å²) in [4.78, 5) is 11.7. The molecule has 76 valence electrons. The summed E-state index contributed by atoms with van der Waals surface area (Å²) in [7, 11) is 0. The Morgan fingerprint density at radius 2 is 2.14 bits per heavy atom. The number of hydrogen-bond donors (Lipinski definition) is 0. The van der Waals surface area contributed by atoms with E-state index < -0.39 is 0 Å². The third-order valence-corrected chi connectivity index (χ3v) is 2.57. The van der Waals surface area contributed by atoms with Gasteiger partial charge in [0.2, 0.25) is 0 Å². The van der Waals surface area contributed by atoms with Crippen LogP contribution in [0.2, 0.25) is 0 Å². The number of aryl methyl sites for hydroxylation is 1. The summed E-state index contributed by atoms with van der Waals surface area (Å²) >= 11 is 5.56. The van der Waals surface area contributed by atoms with E-state index in [1.165, 1.54) is 5.56 Å². The van der Waals surface area contributed by atoms with Gasteiger partial charge in [-0.2, -0.15) is 0 Å². The molecule has 0 aromatic heterocycles. The number of carbonyl (C=O) groups is 1. The Labute approximate surface area is 90.1 Å². The molecule has 0 aliphatic heterocycles. The van der Waals surface area contributed by atoms with Gasteiger partial charge < -0.3 is 0 Å². The van der Waals surface area contributed by atoms with Gasteiger partial charge in [0, 0.05) is 17.9 Å². The number of benzene rings is 1. The van der Waals surface area contributed by atoms with Crippen LogP contribution in [0.25, 0.3) is 0 Å². The Kier molecular flexibility index (Phi) is 4.15. The number of rotatable bonds is 4. The molecule has 0 saturated heterocycles. The highest BCUT2D eigenvalue weighted by atomic mass is 35.5. The molecule has 1 nitrogen and oxygen atoms in total. The van der Waals surface area contributed by atoms with Crippen LogP contribution < -0.4 is 0 Å². The predicted molar refractivity (Wildman–Crippen MR) is 60.2 cm³/mol. The molecule has 0 spiro atoms. The van der Waals surface area contributed by atoms with Crippen LogP contribution in [0.15, 0.2) is 18.2 Å². The van der Waals surface area contributed by atoms with Crippen LogP contribution in [0, 0.1) is 6.92 Å². The van der Waals surface area contributed by atoms with Crippen molar-refractivity contribution < 1.29 is 4.79 Å². The molecule has 14 heavy (non-hydrogen) atoms. The van der Waals surface area contributed by atoms with Crippen LogP contribution in [0.4, 0.5) is 0 Å². The fourth-order valence-corrected chi connectivity index (χ4v) is 1.82. The standard InChI is InChI=1S/C12H15ClO/c1-3-10-9(2)5-4-6-11(10)12(14)7-8-13/h4-6H,3,7-8H2,1-2H3. The number of alkyl halides is 1. The Bertz CT molecular complexity index is 331. The molecule has 0 fully saturated rings. The first kappa shape index (κ1) is 11.3. The lowest BCUT2D eigenvalue weighted by Gasteiger charge is -2.08. The summed E-state index contributed by atoms with van der Waals surface area (Å²) < 4.78 is 0. The van der Waals surface area contributed by atoms with E-state index in [2.05, 4.69) is 6.92 Å². The Morgan fingerprint density at radius 1 is 1.43 bits per heavy atom. The molecule has 1 aromatic rings. The molecule has 1 aromatic carbocycles. The topological polar surface area (TPSA) is 17.1 Å². The molecule has 2 heteroatoms. The van der Waals surface area contributed by atoms with Crippen molar-refractivity contribution in [3.63, 3.8) is 0 Å². The van der Waals surface area contributed by atoms with E-state index >= 15 is 0 Å². The molecule has 0 amide bonds. The largest absolute Gasteiger partial charge is 0.294 e. The maximum absolute atomic E-state index is 11.7. The van der Waals surface area contributed by atoms with Crippen molar-refractivity contribution in [1.82, 2.24) is 0 Å². The maximum atomic E-state index is 11.7. The van der Waals surface area contributed by atoms with E-state index in [-0.39, 0.29) is 5.78 Å². The van der Waals surface area contributed by atoms with Gasteiger partial charge in [-0.3, -0.25) is 4.79 Å². The van der Waals surface area contributed by atoms with Crippen molar-refractivity contribution in [1.29, 1.82) is 0 Å². The second-order valence-corrected chi connectivity index (χ2v) is 3.69. The van der Waals surface area contributed by atoms with E-state index in [4.69, 9.17) is 11.6 Å². The molecule has 0 bridgehead atoms. The Balaban J connectivity index is 3.07. The van der Waals surface area contributed by atoms with E-state index in [9.17, 15) is 4.79 Å². The highest BCUT2D eigenvalue weighted by Crippen LogP contribution is 2.16. The molecule has 0 saturated carbocycles. The Hall–Kier alpha value is -0.820. The van der Waals surface area contributed by atoms with Crippen molar-refractivity contribution in [3.8, 4) is 0 Å². The molecule has 0 unspecified atom stereocenters. The van der Waals surface area contributed by atoms with Gasteiger partial charge in [0.25, 0.3) is 0 Å². The van der Waals surface area contributed by atoms with Crippen molar-refractivity contribution >= 4 is 17.4 Å². The molecule has 0 N–H and O–H groups in total. The Morgan fingerprint density at radius 3 is 2.71 bits per heavy atom. The first-order chi connectivity index (χ1) is 6.70. The zero-order chi connectivity index (χ0) is 10.6.